The summed E-state index contributed by atoms with van der Waals surface area (Å²) >= 11 is 0. The highest BCUT2D eigenvalue weighted by Gasteiger charge is 2.24. The first-order valence-electron chi connectivity index (χ1n) is 5.50. The summed E-state index contributed by atoms with van der Waals surface area (Å²) in [4.78, 5) is 10.6. The van der Waals surface area contributed by atoms with Gasteiger partial charge in [0.25, 0.3) is 0 Å². The molecular formula is C13H15N3O. The molecule has 88 valence electrons. The van der Waals surface area contributed by atoms with Gasteiger partial charge in [0.1, 0.15) is 0 Å². The summed E-state index contributed by atoms with van der Waals surface area (Å²) in [5, 5.41) is 13.2. The topological polar surface area (TPSA) is 54.9 Å². The Morgan fingerprint density at radius 2 is 1.82 bits per heavy atom. The molecule has 0 radical (unpaired) electrons. The first kappa shape index (κ1) is 11.5. The van der Waals surface area contributed by atoms with Gasteiger partial charge in [-0.2, -0.15) is 10.2 Å². The third kappa shape index (κ3) is 1.98. The second-order valence-electron chi connectivity index (χ2n) is 4.57. The molecule has 2 rings (SSSR count). The minimum Gasteiger partial charge on any atom is -0.348 e. The van der Waals surface area contributed by atoms with Crippen LogP contribution in [0.3, 0.4) is 0 Å². The van der Waals surface area contributed by atoms with E-state index in [2.05, 4.69) is 15.5 Å². The second kappa shape index (κ2) is 4.13. The van der Waals surface area contributed by atoms with Crippen molar-refractivity contribution in [3.63, 3.8) is 0 Å². The molecule has 1 N–H and O–H groups in total. The molecule has 0 bridgehead atoms. The zero-order chi connectivity index (χ0) is 12.5. The summed E-state index contributed by atoms with van der Waals surface area (Å²) in [6.45, 7) is 5.75. The molecule has 0 unspecified atom stereocenters. The number of rotatable bonds is 3. The van der Waals surface area contributed by atoms with Crippen LogP contribution in [0.15, 0.2) is 24.3 Å². The first-order valence-corrected chi connectivity index (χ1v) is 5.50. The summed E-state index contributed by atoms with van der Waals surface area (Å²) in [7, 11) is 0. The largest absolute Gasteiger partial charge is 0.348 e. The van der Waals surface area contributed by atoms with Crippen molar-refractivity contribution in [2.75, 3.05) is 0 Å². The number of hydrogen-bond acceptors (Lipinski definition) is 3. The lowest BCUT2D eigenvalue weighted by Crippen LogP contribution is -2.36. The highest BCUT2D eigenvalue weighted by Crippen LogP contribution is 2.26. The van der Waals surface area contributed by atoms with E-state index in [0.717, 1.165) is 22.2 Å². The molecule has 1 aromatic heterocycles. The monoisotopic (exact) mass is 229 g/mol. The fraction of sp³-hybridized carbons (Fsp3) is 0.308. The van der Waals surface area contributed by atoms with Crippen molar-refractivity contribution in [1.29, 1.82) is 0 Å². The third-order valence-corrected chi connectivity index (χ3v) is 2.88. The van der Waals surface area contributed by atoms with E-state index in [-0.39, 0.29) is 0 Å². The summed E-state index contributed by atoms with van der Waals surface area (Å²) in [6.07, 6.45) is 0.691. The molecule has 4 nitrogen and oxygen atoms in total. The Morgan fingerprint density at radius 3 is 2.47 bits per heavy atom. The predicted molar refractivity (Wildman–Crippen MR) is 66.5 cm³/mol. The third-order valence-electron chi connectivity index (χ3n) is 2.88. The molecule has 0 aliphatic rings. The van der Waals surface area contributed by atoms with Gasteiger partial charge in [0.2, 0.25) is 6.41 Å². The Labute approximate surface area is 100 Å². The summed E-state index contributed by atoms with van der Waals surface area (Å²) in [5.41, 5.74) is 1.15. The molecular weight excluding hydrogens is 214 g/mol. The van der Waals surface area contributed by atoms with Gasteiger partial charge in [0.15, 0.2) is 0 Å². The van der Waals surface area contributed by atoms with E-state index in [1.165, 1.54) is 0 Å². The number of fused-ring (bicyclic) bond motifs is 1. The molecule has 0 spiro atoms. The van der Waals surface area contributed by atoms with Gasteiger partial charge in [0, 0.05) is 10.8 Å². The van der Waals surface area contributed by atoms with Crippen molar-refractivity contribution in [2.45, 2.75) is 26.3 Å². The van der Waals surface area contributed by atoms with Crippen LogP contribution in [0.2, 0.25) is 0 Å². The number of carbonyl (C=O) groups excluding carboxylic acids is 1. The summed E-state index contributed by atoms with van der Waals surface area (Å²) in [6, 6.07) is 7.95. The molecule has 1 amide bonds. The van der Waals surface area contributed by atoms with Crippen molar-refractivity contribution in [3.8, 4) is 0 Å². The van der Waals surface area contributed by atoms with E-state index in [9.17, 15) is 4.79 Å². The van der Waals surface area contributed by atoms with Crippen LogP contribution in [0.25, 0.3) is 10.8 Å². The highest BCUT2D eigenvalue weighted by molar-refractivity contribution is 5.87. The number of amides is 1. The van der Waals surface area contributed by atoms with E-state index in [1.807, 2.05) is 45.0 Å². The maximum absolute atomic E-state index is 10.6. The second-order valence-corrected chi connectivity index (χ2v) is 4.57. The van der Waals surface area contributed by atoms with Gasteiger partial charge in [-0.15, -0.1) is 0 Å². The van der Waals surface area contributed by atoms with E-state index >= 15 is 0 Å². The maximum atomic E-state index is 10.6. The van der Waals surface area contributed by atoms with Gasteiger partial charge in [-0.25, -0.2) is 0 Å². The molecule has 1 heterocycles. The number of nitrogens with zero attached hydrogens (tertiary/aromatic N) is 2. The van der Waals surface area contributed by atoms with Crippen LogP contribution in [0, 0.1) is 6.92 Å². The fourth-order valence-corrected chi connectivity index (χ4v) is 1.92. The lowest BCUT2D eigenvalue weighted by molar-refractivity contribution is -0.111. The predicted octanol–water partition coefficient (Wildman–Crippen LogP) is 1.92. The normalized spacial score (nSPS) is 11.5. The molecule has 0 atom stereocenters. The summed E-state index contributed by atoms with van der Waals surface area (Å²) in [5.74, 6) is 0. The van der Waals surface area contributed by atoms with Crippen LogP contribution >= 0.6 is 0 Å². The van der Waals surface area contributed by atoms with E-state index < -0.39 is 5.54 Å². The molecule has 4 heteroatoms. The van der Waals surface area contributed by atoms with Gasteiger partial charge in [-0.05, 0) is 20.8 Å². The zero-order valence-electron chi connectivity index (χ0n) is 10.2. The van der Waals surface area contributed by atoms with Crippen molar-refractivity contribution in [1.82, 2.24) is 15.5 Å². The molecule has 2 aromatic rings. The Kier molecular flexibility index (Phi) is 2.79. The lowest BCUT2D eigenvalue weighted by Gasteiger charge is -2.24. The number of aromatic nitrogens is 2. The van der Waals surface area contributed by atoms with Crippen LogP contribution in [0.5, 0.6) is 0 Å². The minimum atomic E-state index is -0.526. The van der Waals surface area contributed by atoms with E-state index in [1.54, 1.807) is 0 Å². The van der Waals surface area contributed by atoms with E-state index in [0.29, 0.717) is 6.41 Å². The standard InChI is InChI=1S/C13H15N3O/c1-9-10-6-4-5-7-11(10)12(16-15-9)13(2,3)14-8-17/h4-8H,1-3H3,(H,14,17). The number of aryl methyl sites for hydroxylation is 1. The molecule has 0 aliphatic carbocycles. The molecule has 0 fully saturated rings. The van der Waals surface area contributed by atoms with Gasteiger partial charge >= 0.3 is 0 Å². The van der Waals surface area contributed by atoms with Crippen molar-refractivity contribution in [2.24, 2.45) is 0 Å². The average molecular weight is 229 g/mol. The van der Waals surface area contributed by atoms with Gasteiger partial charge in [-0.3, -0.25) is 4.79 Å². The van der Waals surface area contributed by atoms with Crippen molar-refractivity contribution < 1.29 is 4.79 Å². The smallest absolute Gasteiger partial charge is 0.207 e. The first-order chi connectivity index (χ1) is 8.06. The molecule has 17 heavy (non-hydrogen) atoms. The lowest BCUT2D eigenvalue weighted by atomic mass is 9.95. The van der Waals surface area contributed by atoms with Gasteiger partial charge in [0.05, 0.1) is 16.9 Å². The number of hydrogen-bond donors (Lipinski definition) is 1. The van der Waals surface area contributed by atoms with Crippen LogP contribution in [-0.2, 0) is 10.3 Å². The Balaban J connectivity index is 2.71. The van der Waals surface area contributed by atoms with Crippen molar-refractivity contribution in [3.05, 3.63) is 35.7 Å². The Bertz CT molecular complexity index is 564. The van der Waals surface area contributed by atoms with Crippen LogP contribution in [0.4, 0.5) is 0 Å². The molecule has 1 aromatic carbocycles. The molecule has 0 saturated heterocycles. The van der Waals surface area contributed by atoms with Gasteiger partial charge in [-0.1, -0.05) is 24.3 Å². The zero-order valence-corrected chi connectivity index (χ0v) is 10.2. The van der Waals surface area contributed by atoms with Crippen LogP contribution in [-0.4, -0.2) is 16.6 Å². The van der Waals surface area contributed by atoms with Crippen LogP contribution in [0.1, 0.15) is 25.2 Å². The summed E-state index contributed by atoms with van der Waals surface area (Å²) < 4.78 is 0. The number of nitrogens with one attached hydrogen (secondary N) is 1. The van der Waals surface area contributed by atoms with E-state index in [4.69, 9.17) is 0 Å². The SMILES string of the molecule is Cc1nnc(C(C)(C)NC=O)c2ccccc12. The van der Waals surface area contributed by atoms with Crippen LogP contribution < -0.4 is 5.32 Å². The number of carbonyl (C=O) groups is 1. The van der Waals surface area contributed by atoms with Gasteiger partial charge < -0.3 is 5.32 Å². The minimum absolute atomic E-state index is 0.526. The highest BCUT2D eigenvalue weighted by atomic mass is 16.1. The quantitative estimate of drug-likeness (QED) is 0.818. The molecule has 0 aliphatic heterocycles. The van der Waals surface area contributed by atoms with Crippen molar-refractivity contribution >= 4 is 17.2 Å². The Hall–Kier alpha value is -1.97. The molecule has 0 saturated carbocycles. The Morgan fingerprint density at radius 1 is 1.18 bits per heavy atom. The maximum Gasteiger partial charge on any atom is 0.207 e. The average Bonchev–Trinajstić information content (AvgIpc) is 2.29. The number of benzene rings is 1. The fourth-order valence-electron chi connectivity index (χ4n) is 1.92.